The van der Waals surface area contributed by atoms with Gasteiger partial charge in [0.2, 0.25) is 5.91 Å². The first-order chi connectivity index (χ1) is 12.5. The van der Waals surface area contributed by atoms with Gasteiger partial charge in [-0.3, -0.25) is 14.2 Å². The number of amides is 1. The van der Waals surface area contributed by atoms with Crippen LogP contribution in [0.1, 0.15) is 13.8 Å². The number of aromatic nitrogens is 3. The molecule has 26 heavy (non-hydrogen) atoms. The molecule has 0 aliphatic carbocycles. The maximum atomic E-state index is 13.1. The minimum absolute atomic E-state index is 0.0375. The molecule has 1 aromatic carbocycles. The first-order valence-corrected chi connectivity index (χ1v) is 9.51. The van der Waals surface area contributed by atoms with Crippen LogP contribution in [0.3, 0.4) is 0 Å². The molecule has 0 saturated carbocycles. The van der Waals surface area contributed by atoms with Gasteiger partial charge in [-0.15, -0.1) is 0 Å². The molecule has 3 heterocycles. The molecule has 0 saturated heterocycles. The number of rotatable bonds is 4. The molecule has 0 radical (unpaired) electrons. The van der Waals surface area contributed by atoms with Crippen LogP contribution in [-0.2, 0) is 17.9 Å². The van der Waals surface area contributed by atoms with Crippen molar-refractivity contribution in [3.8, 4) is 5.75 Å². The van der Waals surface area contributed by atoms with Gasteiger partial charge < -0.3 is 14.6 Å². The van der Waals surface area contributed by atoms with Gasteiger partial charge >= 0.3 is 0 Å². The Balaban J connectivity index is 2.01. The zero-order valence-electron chi connectivity index (χ0n) is 14.9. The van der Waals surface area contributed by atoms with Crippen molar-refractivity contribution in [3.63, 3.8) is 0 Å². The average molecular weight is 372 g/mol. The van der Waals surface area contributed by atoms with Gasteiger partial charge in [-0.1, -0.05) is 11.8 Å². The van der Waals surface area contributed by atoms with Gasteiger partial charge in [-0.05, 0) is 32.0 Å². The van der Waals surface area contributed by atoms with Gasteiger partial charge in [-0.25, -0.2) is 4.98 Å². The second-order valence-electron chi connectivity index (χ2n) is 6.59. The van der Waals surface area contributed by atoms with Gasteiger partial charge in [0, 0.05) is 23.7 Å². The molecule has 0 unspecified atom stereocenters. The van der Waals surface area contributed by atoms with E-state index in [1.807, 2.05) is 32.0 Å². The largest absolute Gasteiger partial charge is 0.497 e. The van der Waals surface area contributed by atoms with Crippen LogP contribution >= 0.6 is 11.8 Å². The Morgan fingerprint density at radius 2 is 2.23 bits per heavy atom. The number of benzene rings is 1. The normalized spacial score (nSPS) is 13.5. The number of nitrogens with zero attached hydrogens (tertiary/aromatic N) is 3. The fourth-order valence-electron chi connectivity index (χ4n) is 3.35. The zero-order valence-corrected chi connectivity index (χ0v) is 15.7. The first kappa shape index (κ1) is 17.0. The van der Waals surface area contributed by atoms with Gasteiger partial charge in [0.1, 0.15) is 23.3 Å². The van der Waals surface area contributed by atoms with Crippen LogP contribution in [0.4, 0.5) is 0 Å². The van der Waals surface area contributed by atoms with Crippen LogP contribution < -0.4 is 15.6 Å². The maximum absolute atomic E-state index is 13.1. The van der Waals surface area contributed by atoms with Crippen molar-refractivity contribution < 1.29 is 9.53 Å². The van der Waals surface area contributed by atoms with E-state index in [9.17, 15) is 9.59 Å². The SMILES string of the molecule is COc1ccc2c(c1)c1nc3n(c(=O)c1n2CC(=O)NC(C)C)CCS3. The topological polar surface area (TPSA) is 78.2 Å². The number of hydrogen-bond acceptors (Lipinski definition) is 5. The lowest BCUT2D eigenvalue weighted by Crippen LogP contribution is -2.33. The third-order valence-electron chi connectivity index (χ3n) is 4.43. The Morgan fingerprint density at radius 3 is 2.96 bits per heavy atom. The van der Waals surface area contributed by atoms with Crippen molar-refractivity contribution in [1.82, 2.24) is 19.4 Å². The number of methoxy groups -OCH3 is 1. The third-order valence-corrected chi connectivity index (χ3v) is 5.38. The lowest BCUT2D eigenvalue weighted by atomic mass is 10.2. The van der Waals surface area contributed by atoms with E-state index < -0.39 is 0 Å². The highest BCUT2D eigenvalue weighted by Crippen LogP contribution is 2.32. The molecule has 136 valence electrons. The predicted molar refractivity (Wildman–Crippen MR) is 102 cm³/mol. The quantitative estimate of drug-likeness (QED) is 0.709. The van der Waals surface area contributed by atoms with Crippen molar-refractivity contribution in [2.75, 3.05) is 12.9 Å². The molecule has 0 atom stereocenters. The van der Waals surface area contributed by atoms with E-state index in [0.29, 0.717) is 23.3 Å². The highest BCUT2D eigenvalue weighted by molar-refractivity contribution is 7.99. The molecule has 3 aromatic rings. The maximum Gasteiger partial charge on any atom is 0.278 e. The van der Waals surface area contributed by atoms with Crippen molar-refractivity contribution in [3.05, 3.63) is 28.6 Å². The average Bonchev–Trinajstić information content (AvgIpc) is 3.18. The summed E-state index contributed by atoms with van der Waals surface area (Å²) in [6.45, 7) is 4.54. The summed E-state index contributed by atoms with van der Waals surface area (Å²) in [4.78, 5) is 30.2. The summed E-state index contributed by atoms with van der Waals surface area (Å²) in [6, 6.07) is 5.62. The number of thioether (sulfide) groups is 1. The summed E-state index contributed by atoms with van der Waals surface area (Å²) in [5.74, 6) is 1.40. The monoisotopic (exact) mass is 372 g/mol. The van der Waals surface area contributed by atoms with Crippen molar-refractivity contribution in [2.45, 2.75) is 38.1 Å². The van der Waals surface area contributed by atoms with Crippen LogP contribution in [0.25, 0.3) is 21.9 Å². The Kier molecular flexibility index (Phi) is 4.14. The van der Waals surface area contributed by atoms with E-state index in [0.717, 1.165) is 21.8 Å². The first-order valence-electron chi connectivity index (χ1n) is 8.52. The van der Waals surface area contributed by atoms with E-state index in [2.05, 4.69) is 5.32 Å². The highest BCUT2D eigenvalue weighted by atomic mass is 32.2. The van der Waals surface area contributed by atoms with E-state index >= 15 is 0 Å². The minimum atomic E-state index is -0.131. The summed E-state index contributed by atoms with van der Waals surface area (Å²) in [6.07, 6.45) is 0. The molecular formula is C18H20N4O3S. The van der Waals surface area contributed by atoms with Crippen LogP contribution in [-0.4, -0.2) is 38.9 Å². The van der Waals surface area contributed by atoms with E-state index in [1.54, 1.807) is 28.0 Å². The van der Waals surface area contributed by atoms with E-state index in [4.69, 9.17) is 9.72 Å². The third kappa shape index (κ3) is 2.65. The standard InChI is InChI=1S/C18H20N4O3S/c1-10(2)19-14(23)9-22-13-5-4-11(25-3)8-12(13)15-16(22)17(24)21-6-7-26-18(21)20-15/h4-5,8,10H,6-7,9H2,1-3H3,(H,19,23). The summed E-state index contributed by atoms with van der Waals surface area (Å²) >= 11 is 1.58. The van der Waals surface area contributed by atoms with Crippen molar-refractivity contribution in [1.29, 1.82) is 0 Å². The highest BCUT2D eigenvalue weighted by Gasteiger charge is 2.23. The molecule has 7 nitrogen and oxygen atoms in total. The van der Waals surface area contributed by atoms with Crippen molar-refractivity contribution >= 4 is 39.6 Å². The second kappa shape index (κ2) is 6.35. The van der Waals surface area contributed by atoms with Crippen LogP contribution in [0.5, 0.6) is 5.75 Å². The molecule has 1 N–H and O–H groups in total. The molecular weight excluding hydrogens is 352 g/mol. The molecule has 4 rings (SSSR count). The van der Waals surface area contributed by atoms with E-state index in [1.165, 1.54) is 0 Å². The molecule has 0 bridgehead atoms. The molecule has 8 heteroatoms. The van der Waals surface area contributed by atoms with Gasteiger partial charge in [-0.2, -0.15) is 0 Å². The van der Waals surface area contributed by atoms with Crippen LogP contribution in [0.15, 0.2) is 28.2 Å². The van der Waals surface area contributed by atoms with Gasteiger partial charge in [0.15, 0.2) is 5.16 Å². The number of hydrogen-bond donors (Lipinski definition) is 1. The second-order valence-corrected chi connectivity index (χ2v) is 7.65. The Morgan fingerprint density at radius 1 is 1.42 bits per heavy atom. The zero-order chi connectivity index (χ0) is 18.4. The van der Waals surface area contributed by atoms with E-state index in [-0.39, 0.29) is 24.1 Å². The van der Waals surface area contributed by atoms with Crippen LogP contribution in [0.2, 0.25) is 0 Å². The lowest BCUT2D eigenvalue weighted by molar-refractivity contribution is -0.122. The number of nitrogens with one attached hydrogen (secondary N) is 1. The van der Waals surface area contributed by atoms with Crippen molar-refractivity contribution in [2.24, 2.45) is 0 Å². The Hall–Kier alpha value is -2.48. The fraction of sp³-hybridized carbons (Fsp3) is 0.389. The molecule has 1 amide bonds. The molecule has 1 aliphatic heterocycles. The van der Waals surface area contributed by atoms with Crippen LogP contribution in [0, 0.1) is 0 Å². The molecule has 0 fully saturated rings. The number of carbonyl (C=O) groups excluding carboxylic acids is 1. The van der Waals surface area contributed by atoms with Gasteiger partial charge in [0.05, 0.1) is 12.6 Å². The summed E-state index contributed by atoms with van der Waals surface area (Å²) in [7, 11) is 1.60. The molecule has 1 aliphatic rings. The number of fused-ring (bicyclic) bond motifs is 4. The summed E-state index contributed by atoms with van der Waals surface area (Å²) in [5, 5.41) is 4.44. The predicted octanol–water partition coefficient (Wildman–Crippen LogP) is 1.99. The number of ether oxygens (including phenoxy) is 1. The summed E-state index contributed by atoms with van der Waals surface area (Å²) in [5.41, 5.74) is 1.81. The molecule has 0 spiro atoms. The smallest absolute Gasteiger partial charge is 0.278 e. The fourth-order valence-corrected chi connectivity index (χ4v) is 4.30. The Labute approximate surface area is 154 Å². The molecule has 2 aromatic heterocycles. The lowest BCUT2D eigenvalue weighted by Gasteiger charge is -2.11. The Bertz CT molecular complexity index is 1080. The minimum Gasteiger partial charge on any atom is -0.497 e. The number of carbonyl (C=O) groups is 1. The van der Waals surface area contributed by atoms with Gasteiger partial charge in [0.25, 0.3) is 5.56 Å². The summed E-state index contributed by atoms with van der Waals surface area (Å²) < 4.78 is 8.80.